The molecular weight excluding hydrogens is 709 g/mol. The third-order valence-electron chi connectivity index (χ3n) is 6.69. The van der Waals surface area contributed by atoms with E-state index in [-0.39, 0.29) is 27.9 Å². The molecule has 0 saturated carbocycles. The topological polar surface area (TPSA) is 201 Å². The van der Waals surface area contributed by atoms with Crippen LogP contribution in [0.15, 0.2) is 105 Å². The maximum Gasteiger partial charge on any atom is 0.296 e. The van der Waals surface area contributed by atoms with Gasteiger partial charge in [-0.1, -0.05) is 53.5 Å². The number of carbonyl (C=O) groups is 1. The Morgan fingerprint density at radius 2 is 1.48 bits per heavy atom. The van der Waals surface area contributed by atoms with Crippen LogP contribution >= 0.6 is 23.2 Å². The number of nitrogens with zero attached hydrogens (tertiary/aromatic N) is 2. The highest BCUT2D eigenvalue weighted by Gasteiger charge is 2.28. The molecule has 0 radical (unpaired) electrons. The van der Waals surface area contributed by atoms with Gasteiger partial charge >= 0.3 is 0 Å². The number of fused-ring (bicyclic) bond motifs is 1. The van der Waals surface area contributed by atoms with E-state index >= 15 is 0 Å². The molecule has 0 atom stereocenters. The maximum atomic E-state index is 12.9. The van der Waals surface area contributed by atoms with Gasteiger partial charge in [-0.2, -0.15) is 16.8 Å². The molecule has 248 valence electrons. The smallest absolute Gasteiger partial charge is 0.296 e. The lowest BCUT2D eigenvalue weighted by Gasteiger charge is -2.16. The van der Waals surface area contributed by atoms with E-state index < -0.39 is 64.8 Å². The molecule has 0 bridgehead atoms. The van der Waals surface area contributed by atoms with E-state index in [0.717, 1.165) is 17.7 Å². The molecule has 0 aliphatic rings. The molecule has 0 spiro atoms. The van der Waals surface area contributed by atoms with Crippen LogP contribution in [-0.2, 0) is 25.0 Å². The lowest BCUT2D eigenvalue weighted by atomic mass is 10.1. The zero-order valence-electron chi connectivity index (χ0n) is 24.5. The first-order chi connectivity index (χ1) is 22.6. The fourth-order valence-corrected chi connectivity index (χ4v) is 6.29. The van der Waals surface area contributed by atoms with Gasteiger partial charge in [0.25, 0.3) is 26.1 Å². The van der Waals surface area contributed by atoms with Crippen LogP contribution in [0.2, 0.25) is 10.0 Å². The van der Waals surface area contributed by atoms with Crippen molar-refractivity contribution in [1.29, 1.82) is 0 Å². The number of hydrogen-bond donors (Lipinski definition) is 4. The molecule has 0 fully saturated rings. The van der Waals surface area contributed by atoms with Gasteiger partial charge < -0.3 is 19.9 Å². The largest absolute Gasteiger partial charge is 0.505 e. The van der Waals surface area contributed by atoms with Crippen molar-refractivity contribution >= 4 is 77.2 Å². The van der Waals surface area contributed by atoms with Crippen LogP contribution in [0.4, 0.5) is 17.1 Å². The number of azo groups is 1. The third-order valence-corrected chi connectivity index (χ3v) is 9.00. The van der Waals surface area contributed by atoms with Crippen LogP contribution < -0.4 is 14.8 Å². The first kappa shape index (κ1) is 34.6. The number of ether oxygens (including phenoxy) is 2. The lowest BCUT2D eigenvalue weighted by molar-refractivity contribution is -0.118. The summed E-state index contributed by atoms with van der Waals surface area (Å²) in [5, 5.41) is 21.2. The Labute approximate surface area is 283 Å². The van der Waals surface area contributed by atoms with Crippen LogP contribution in [0.5, 0.6) is 23.0 Å². The highest BCUT2D eigenvalue weighted by Crippen LogP contribution is 2.46. The Morgan fingerprint density at radius 3 is 2.15 bits per heavy atom. The second-order valence-corrected chi connectivity index (χ2v) is 13.6. The fraction of sp³-hybridized carbons (Fsp3) is 0.0645. The van der Waals surface area contributed by atoms with E-state index in [4.69, 9.17) is 32.7 Å². The van der Waals surface area contributed by atoms with Crippen LogP contribution in [0.1, 0.15) is 5.56 Å². The summed E-state index contributed by atoms with van der Waals surface area (Å²) < 4.78 is 80.8. The van der Waals surface area contributed by atoms with Gasteiger partial charge in [-0.3, -0.25) is 13.9 Å². The summed E-state index contributed by atoms with van der Waals surface area (Å²) in [5.74, 6) is -1.01. The molecular formula is C31H23Cl2N3O10S2. The van der Waals surface area contributed by atoms with Crippen LogP contribution in [-0.4, -0.2) is 43.6 Å². The Morgan fingerprint density at radius 1 is 0.812 bits per heavy atom. The van der Waals surface area contributed by atoms with Gasteiger partial charge in [0.1, 0.15) is 32.7 Å². The minimum atomic E-state index is -5.21. The SMILES string of the molecule is Cc1ccccc1Oc1ccccc1/N=N/c1c(S(=O)(=O)O)cc2c(S(=O)(=O)O)ccc(NC(=O)COc3ccc(Cl)cc3Cl)c2c1O. The number of anilines is 1. The van der Waals surface area contributed by atoms with Crippen LogP contribution in [0.25, 0.3) is 10.8 Å². The molecule has 0 aromatic heterocycles. The van der Waals surface area contributed by atoms with Crippen molar-refractivity contribution < 1.29 is 45.3 Å². The first-order valence-corrected chi connectivity index (χ1v) is 17.2. The van der Waals surface area contributed by atoms with E-state index in [2.05, 4.69) is 15.5 Å². The normalized spacial score (nSPS) is 11.9. The van der Waals surface area contributed by atoms with Crippen molar-refractivity contribution in [3.63, 3.8) is 0 Å². The number of phenolic OH excluding ortho intramolecular Hbond substituents is 1. The predicted octanol–water partition coefficient (Wildman–Crippen LogP) is 7.88. The molecule has 5 rings (SSSR count). The molecule has 0 saturated heterocycles. The van der Waals surface area contributed by atoms with Crippen LogP contribution in [0.3, 0.4) is 0 Å². The molecule has 0 unspecified atom stereocenters. The molecule has 0 aliphatic heterocycles. The highest BCUT2D eigenvalue weighted by molar-refractivity contribution is 7.86. The fourth-order valence-electron chi connectivity index (χ4n) is 4.50. The average molecular weight is 733 g/mol. The molecule has 4 N–H and O–H groups in total. The van der Waals surface area contributed by atoms with E-state index in [1.54, 1.807) is 30.3 Å². The predicted molar refractivity (Wildman–Crippen MR) is 178 cm³/mol. The van der Waals surface area contributed by atoms with Gasteiger partial charge in [-0.15, -0.1) is 10.2 Å². The summed E-state index contributed by atoms with van der Waals surface area (Å²) in [6, 6.07) is 20.3. The van der Waals surface area contributed by atoms with E-state index in [0.29, 0.717) is 16.8 Å². The van der Waals surface area contributed by atoms with Gasteiger partial charge in [0.15, 0.2) is 18.1 Å². The molecule has 5 aromatic carbocycles. The van der Waals surface area contributed by atoms with Crippen molar-refractivity contribution in [1.82, 2.24) is 0 Å². The molecule has 17 heteroatoms. The van der Waals surface area contributed by atoms with Crippen molar-refractivity contribution in [3.05, 3.63) is 101 Å². The number of benzene rings is 5. The molecule has 0 aliphatic carbocycles. The Kier molecular flexibility index (Phi) is 9.91. The van der Waals surface area contributed by atoms with Gasteiger partial charge in [0.2, 0.25) is 0 Å². The molecule has 13 nitrogen and oxygen atoms in total. The zero-order chi connectivity index (χ0) is 34.8. The van der Waals surface area contributed by atoms with Gasteiger partial charge in [-0.05, 0) is 67.1 Å². The number of aryl methyl sites for hydroxylation is 1. The number of rotatable bonds is 10. The average Bonchev–Trinajstić information content (AvgIpc) is 3.00. The number of carbonyl (C=O) groups excluding carboxylic acids is 1. The summed E-state index contributed by atoms with van der Waals surface area (Å²) in [5.41, 5.74) is -0.175. The second kappa shape index (κ2) is 13.8. The van der Waals surface area contributed by atoms with Gasteiger partial charge in [0.05, 0.1) is 16.1 Å². The minimum absolute atomic E-state index is 0.0831. The van der Waals surface area contributed by atoms with Gasteiger partial charge in [0, 0.05) is 10.4 Å². The first-order valence-electron chi connectivity index (χ1n) is 13.5. The Bertz CT molecular complexity index is 2330. The summed E-state index contributed by atoms with van der Waals surface area (Å²) in [6.07, 6.45) is 0. The number of para-hydroxylation sites is 2. The molecule has 48 heavy (non-hydrogen) atoms. The van der Waals surface area contributed by atoms with Crippen molar-refractivity contribution in [3.8, 4) is 23.0 Å². The summed E-state index contributed by atoms with van der Waals surface area (Å²) in [4.78, 5) is 11.0. The van der Waals surface area contributed by atoms with Crippen molar-refractivity contribution in [2.75, 3.05) is 11.9 Å². The minimum Gasteiger partial charge on any atom is -0.505 e. The van der Waals surface area contributed by atoms with Gasteiger partial charge in [-0.25, -0.2) is 0 Å². The second-order valence-electron chi connectivity index (χ2n) is 10.0. The van der Waals surface area contributed by atoms with Crippen molar-refractivity contribution in [2.24, 2.45) is 10.2 Å². The Balaban J connectivity index is 1.61. The lowest BCUT2D eigenvalue weighted by Crippen LogP contribution is -2.20. The third kappa shape index (κ3) is 7.68. The number of hydrogen-bond acceptors (Lipinski definition) is 10. The monoisotopic (exact) mass is 731 g/mol. The zero-order valence-corrected chi connectivity index (χ0v) is 27.6. The highest BCUT2D eigenvalue weighted by atomic mass is 35.5. The summed E-state index contributed by atoms with van der Waals surface area (Å²) in [6.45, 7) is 1.21. The number of amides is 1. The molecule has 5 aromatic rings. The van der Waals surface area contributed by atoms with Crippen molar-refractivity contribution in [2.45, 2.75) is 16.7 Å². The number of aromatic hydroxyl groups is 1. The quantitative estimate of drug-likeness (QED) is 0.0808. The van der Waals surface area contributed by atoms with E-state index in [1.807, 2.05) is 19.1 Å². The summed E-state index contributed by atoms with van der Waals surface area (Å²) in [7, 11) is -10.2. The maximum absolute atomic E-state index is 12.9. The van der Waals surface area contributed by atoms with Crippen LogP contribution in [0, 0.1) is 6.92 Å². The standard InChI is InChI=1S/C31H23Cl2N3O10S2/c1-17-6-2-4-8-23(17)46-25-9-5-3-7-21(25)35-36-30-27(48(42,43)44)15-19-26(47(39,40)41)13-11-22(29(19)31(30)38)34-28(37)16-45-24-12-10-18(32)14-20(24)33/h2-15,38H,16H2,1H3,(H,34,37)(H,39,40,41)(H,42,43,44)/b36-35+. The summed E-state index contributed by atoms with van der Waals surface area (Å²) >= 11 is 12.0. The number of halogens is 2. The number of nitrogens with one attached hydrogen (secondary N) is 1. The van der Waals surface area contributed by atoms with E-state index in [9.17, 15) is 35.8 Å². The molecule has 0 heterocycles. The Hall–Kier alpha value is -4.77. The number of phenols is 1. The van der Waals surface area contributed by atoms with E-state index in [1.165, 1.54) is 24.3 Å². The molecule has 1 amide bonds.